The summed E-state index contributed by atoms with van der Waals surface area (Å²) in [6.07, 6.45) is 7.49. The first kappa shape index (κ1) is 16.4. The van der Waals surface area contributed by atoms with E-state index in [1.165, 1.54) is 16.8 Å². The van der Waals surface area contributed by atoms with Gasteiger partial charge in [0.25, 0.3) is 11.5 Å². The Morgan fingerprint density at radius 3 is 2.92 bits per heavy atom. The van der Waals surface area contributed by atoms with Crippen LogP contribution in [0.1, 0.15) is 54.7 Å². The SMILES string of the molecule is CCCCn1nc(C(=O)N2CCC[C@@H]2c2cnn(C)c2)ccc1=O. The summed E-state index contributed by atoms with van der Waals surface area (Å²) in [5.41, 5.74) is 1.22. The van der Waals surface area contributed by atoms with Crippen LogP contribution in [0, 0.1) is 0 Å². The van der Waals surface area contributed by atoms with Gasteiger partial charge in [0.15, 0.2) is 0 Å². The summed E-state index contributed by atoms with van der Waals surface area (Å²) >= 11 is 0. The number of amides is 1. The van der Waals surface area contributed by atoms with E-state index < -0.39 is 0 Å². The van der Waals surface area contributed by atoms with Crippen molar-refractivity contribution in [3.8, 4) is 0 Å². The fraction of sp³-hybridized carbons (Fsp3) is 0.529. The Balaban J connectivity index is 1.84. The van der Waals surface area contributed by atoms with Crippen molar-refractivity contribution in [2.75, 3.05) is 6.54 Å². The zero-order chi connectivity index (χ0) is 17.1. The highest BCUT2D eigenvalue weighted by Crippen LogP contribution is 2.32. The van der Waals surface area contributed by atoms with Gasteiger partial charge < -0.3 is 4.90 Å². The van der Waals surface area contributed by atoms with Gasteiger partial charge in [-0.3, -0.25) is 14.3 Å². The van der Waals surface area contributed by atoms with Crippen LogP contribution in [0.4, 0.5) is 0 Å². The summed E-state index contributed by atoms with van der Waals surface area (Å²) in [7, 11) is 1.87. The summed E-state index contributed by atoms with van der Waals surface area (Å²) in [6.45, 7) is 3.30. The van der Waals surface area contributed by atoms with E-state index in [-0.39, 0.29) is 17.5 Å². The molecule has 0 unspecified atom stereocenters. The predicted molar refractivity (Wildman–Crippen MR) is 89.6 cm³/mol. The standard InChI is InChI=1S/C17H23N5O2/c1-3-4-10-22-16(23)8-7-14(19-22)17(24)21-9-5-6-15(21)13-11-18-20(2)12-13/h7-8,11-12,15H,3-6,9-10H2,1-2H3/t15-/m1/s1. The smallest absolute Gasteiger partial charge is 0.274 e. The molecule has 24 heavy (non-hydrogen) atoms. The first-order valence-corrected chi connectivity index (χ1v) is 8.48. The zero-order valence-electron chi connectivity index (χ0n) is 14.2. The number of rotatable bonds is 5. The van der Waals surface area contributed by atoms with Crippen molar-refractivity contribution in [3.63, 3.8) is 0 Å². The first-order valence-electron chi connectivity index (χ1n) is 8.48. The van der Waals surface area contributed by atoms with Crippen LogP contribution >= 0.6 is 0 Å². The summed E-state index contributed by atoms with van der Waals surface area (Å²) in [5.74, 6) is -0.119. The van der Waals surface area contributed by atoms with Gasteiger partial charge in [0.2, 0.25) is 0 Å². The number of unbranched alkanes of at least 4 members (excludes halogenated alkanes) is 1. The van der Waals surface area contributed by atoms with Crippen LogP contribution in [-0.4, -0.2) is 36.9 Å². The van der Waals surface area contributed by atoms with E-state index in [0.29, 0.717) is 18.8 Å². The van der Waals surface area contributed by atoms with Crippen molar-refractivity contribution in [3.05, 3.63) is 46.1 Å². The lowest BCUT2D eigenvalue weighted by Gasteiger charge is -2.23. The van der Waals surface area contributed by atoms with Crippen LogP contribution in [0.2, 0.25) is 0 Å². The van der Waals surface area contributed by atoms with Crippen molar-refractivity contribution in [1.82, 2.24) is 24.5 Å². The number of nitrogens with zero attached hydrogens (tertiary/aromatic N) is 5. The summed E-state index contributed by atoms with van der Waals surface area (Å²) in [6, 6.07) is 3.00. The van der Waals surface area contributed by atoms with E-state index in [2.05, 4.69) is 17.1 Å². The molecular weight excluding hydrogens is 306 g/mol. The third-order valence-corrected chi connectivity index (χ3v) is 4.43. The Labute approximate surface area is 140 Å². The molecule has 1 amide bonds. The minimum absolute atomic E-state index is 0.0315. The number of hydrogen-bond acceptors (Lipinski definition) is 4. The molecule has 128 valence electrons. The molecule has 1 atom stereocenters. The Morgan fingerprint density at radius 1 is 1.38 bits per heavy atom. The first-order chi connectivity index (χ1) is 11.6. The maximum Gasteiger partial charge on any atom is 0.274 e. The molecule has 0 radical (unpaired) electrons. The third-order valence-electron chi connectivity index (χ3n) is 4.43. The highest BCUT2D eigenvalue weighted by molar-refractivity contribution is 5.92. The largest absolute Gasteiger partial charge is 0.330 e. The average Bonchev–Trinajstić information content (AvgIpc) is 3.22. The topological polar surface area (TPSA) is 73.0 Å². The molecule has 1 aliphatic heterocycles. The molecule has 1 aliphatic rings. The molecule has 0 spiro atoms. The lowest BCUT2D eigenvalue weighted by atomic mass is 10.1. The van der Waals surface area contributed by atoms with Crippen molar-refractivity contribution < 1.29 is 4.79 Å². The molecule has 3 heterocycles. The summed E-state index contributed by atoms with van der Waals surface area (Å²) < 4.78 is 3.14. The highest BCUT2D eigenvalue weighted by Gasteiger charge is 2.32. The van der Waals surface area contributed by atoms with Gasteiger partial charge in [-0.05, 0) is 25.3 Å². The lowest BCUT2D eigenvalue weighted by molar-refractivity contribution is 0.0726. The summed E-state index contributed by atoms with van der Waals surface area (Å²) in [4.78, 5) is 26.6. The molecular formula is C17H23N5O2. The number of aromatic nitrogens is 4. The minimum Gasteiger partial charge on any atom is -0.330 e. The second kappa shape index (κ2) is 6.98. The average molecular weight is 329 g/mol. The van der Waals surface area contributed by atoms with Gasteiger partial charge in [-0.2, -0.15) is 10.2 Å². The minimum atomic E-state index is -0.162. The molecule has 1 saturated heterocycles. The predicted octanol–water partition coefficient (Wildman–Crippen LogP) is 1.75. The second-order valence-electron chi connectivity index (χ2n) is 6.24. The molecule has 3 rings (SSSR count). The highest BCUT2D eigenvalue weighted by atomic mass is 16.2. The molecule has 0 aromatic carbocycles. The normalized spacial score (nSPS) is 17.4. The van der Waals surface area contributed by atoms with Crippen molar-refractivity contribution in [2.45, 2.75) is 45.2 Å². The number of carbonyl (C=O) groups excluding carboxylic acids is 1. The van der Waals surface area contributed by atoms with Crippen LogP contribution in [0.15, 0.2) is 29.3 Å². The van der Waals surface area contributed by atoms with E-state index in [0.717, 1.165) is 31.2 Å². The van der Waals surface area contributed by atoms with Crippen LogP contribution in [0.5, 0.6) is 0 Å². The number of likely N-dealkylation sites (tertiary alicyclic amines) is 1. The Kier molecular flexibility index (Phi) is 4.78. The zero-order valence-corrected chi connectivity index (χ0v) is 14.2. The Morgan fingerprint density at radius 2 is 2.21 bits per heavy atom. The Bertz CT molecular complexity index is 779. The van der Waals surface area contributed by atoms with E-state index >= 15 is 0 Å². The molecule has 1 fully saturated rings. The molecule has 0 N–H and O–H groups in total. The maximum atomic E-state index is 12.9. The van der Waals surface area contributed by atoms with E-state index in [1.807, 2.05) is 24.3 Å². The molecule has 7 heteroatoms. The van der Waals surface area contributed by atoms with Gasteiger partial charge in [0, 0.05) is 38.0 Å². The Hall–Kier alpha value is -2.44. The van der Waals surface area contributed by atoms with Crippen LogP contribution in [-0.2, 0) is 13.6 Å². The molecule has 7 nitrogen and oxygen atoms in total. The molecule has 0 aliphatic carbocycles. The van der Waals surface area contributed by atoms with Crippen molar-refractivity contribution in [2.24, 2.45) is 7.05 Å². The molecule has 0 bridgehead atoms. The lowest BCUT2D eigenvalue weighted by Crippen LogP contribution is -2.33. The van der Waals surface area contributed by atoms with E-state index in [9.17, 15) is 9.59 Å². The fourth-order valence-electron chi connectivity index (χ4n) is 3.15. The van der Waals surface area contributed by atoms with Gasteiger partial charge >= 0.3 is 0 Å². The number of aryl methyl sites for hydroxylation is 2. The van der Waals surface area contributed by atoms with Gasteiger partial charge in [0.05, 0.1) is 12.2 Å². The number of carbonyl (C=O) groups is 1. The third kappa shape index (κ3) is 3.25. The van der Waals surface area contributed by atoms with Gasteiger partial charge in [-0.25, -0.2) is 4.68 Å². The monoisotopic (exact) mass is 329 g/mol. The van der Waals surface area contributed by atoms with Crippen LogP contribution in [0.25, 0.3) is 0 Å². The summed E-state index contributed by atoms with van der Waals surface area (Å²) in [5, 5.41) is 8.48. The van der Waals surface area contributed by atoms with E-state index in [1.54, 1.807) is 4.68 Å². The maximum absolute atomic E-state index is 12.9. The van der Waals surface area contributed by atoms with Crippen molar-refractivity contribution >= 4 is 5.91 Å². The molecule has 0 saturated carbocycles. The van der Waals surface area contributed by atoms with Crippen molar-refractivity contribution in [1.29, 1.82) is 0 Å². The number of hydrogen-bond donors (Lipinski definition) is 0. The molecule has 2 aromatic heterocycles. The molecule has 2 aromatic rings. The van der Waals surface area contributed by atoms with E-state index in [4.69, 9.17) is 0 Å². The van der Waals surface area contributed by atoms with Gasteiger partial charge in [-0.15, -0.1) is 0 Å². The fourth-order valence-corrected chi connectivity index (χ4v) is 3.15. The quantitative estimate of drug-likeness (QED) is 0.838. The van der Waals surface area contributed by atoms with Crippen LogP contribution < -0.4 is 5.56 Å². The second-order valence-corrected chi connectivity index (χ2v) is 6.24. The van der Waals surface area contributed by atoms with Gasteiger partial charge in [-0.1, -0.05) is 13.3 Å². The van der Waals surface area contributed by atoms with Crippen LogP contribution in [0.3, 0.4) is 0 Å². The van der Waals surface area contributed by atoms with Gasteiger partial charge in [0.1, 0.15) is 5.69 Å².